The Morgan fingerprint density at radius 2 is 2.20 bits per heavy atom. The molecule has 1 aromatic heterocycles. The van der Waals surface area contributed by atoms with Crippen molar-refractivity contribution < 1.29 is 0 Å². The Morgan fingerprint density at radius 3 is 3.05 bits per heavy atom. The van der Waals surface area contributed by atoms with Crippen LogP contribution in [0.3, 0.4) is 0 Å². The van der Waals surface area contributed by atoms with Crippen molar-refractivity contribution in [3.63, 3.8) is 0 Å². The number of para-hydroxylation sites is 1. The summed E-state index contributed by atoms with van der Waals surface area (Å²) in [6, 6.07) is 10.1. The first-order valence-electron chi connectivity index (χ1n) is 6.55. The van der Waals surface area contributed by atoms with E-state index in [0.717, 1.165) is 11.9 Å². The van der Waals surface area contributed by atoms with Gasteiger partial charge in [0.2, 0.25) is 0 Å². The second-order valence-corrected chi connectivity index (χ2v) is 4.34. The van der Waals surface area contributed by atoms with Gasteiger partial charge in [-0.25, -0.2) is 0 Å². The van der Waals surface area contributed by atoms with Gasteiger partial charge >= 0.3 is 0 Å². The number of allylic oxidation sites excluding steroid dienone is 1. The second kappa shape index (κ2) is 7.19. The first-order valence-corrected chi connectivity index (χ1v) is 6.55. The fraction of sp³-hybridized carbons (Fsp3) is 0.188. The van der Waals surface area contributed by atoms with E-state index in [9.17, 15) is 0 Å². The minimum absolute atomic E-state index is 0.0570. The normalized spacial score (nSPS) is 13.1. The van der Waals surface area contributed by atoms with Crippen molar-refractivity contribution in [3.8, 4) is 0 Å². The van der Waals surface area contributed by atoms with E-state index in [1.165, 1.54) is 10.9 Å². The predicted molar refractivity (Wildman–Crippen MR) is 85.2 cm³/mol. The largest absolute Gasteiger partial charge is 0.287 e. The van der Waals surface area contributed by atoms with E-state index in [1.54, 1.807) is 12.3 Å². The molecule has 0 aliphatic rings. The van der Waals surface area contributed by atoms with Crippen LogP contribution in [0.4, 0.5) is 0 Å². The Balaban J connectivity index is 1.99. The molecule has 1 heterocycles. The fourth-order valence-electron chi connectivity index (χ4n) is 1.86. The number of nitrogens with one attached hydrogen (secondary N) is 1. The fourth-order valence-corrected chi connectivity index (χ4v) is 1.86. The maximum atomic E-state index is 4.34. The van der Waals surface area contributed by atoms with Crippen molar-refractivity contribution in [1.82, 2.24) is 10.4 Å². The van der Waals surface area contributed by atoms with Gasteiger partial charge in [-0.2, -0.15) is 5.10 Å². The molecule has 4 heteroatoms. The van der Waals surface area contributed by atoms with Crippen LogP contribution < -0.4 is 5.43 Å². The van der Waals surface area contributed by atoms with Crippen molar-refractivity contribution in [1.29, 1.82) is 0 Å². The Labute approximate surface area is 119 Å². The molecule has 0 spiro atoms. The zero-order chi connectivity index (χ0) is 14.2. The van der Waals surface area contributed by atoms with Gasteiger partial charge in [-0.1, -0.05) is 30.9 Å². The van der Waals surface area contributed by atoms with Crippen LogP contribution in [0.15, 0.2) is 59.3 Å². The summed E-state index contributed by atoms with van der Waals surface area (Å²) in [5.41, 5.74) is 5.16. The number of aromatic nitrogens is 1. The molecule has 1 aromatic carbocycles. The van der Waals surface area contributed by atoms with E-state index in [-0.39, 0.29) is 6.17 Å². The molecule has 0 saturated heterocycles. The molecule has 4 nitrogen and oxygen atoms in total. The monoisotopic (exact) mass is 266 g/mol. The van der Waals surface area contributed by atoms with Crippen LogP contribution in [0.1, 0.15) is 12.5 Å². The van der Waals surface area contributed by atoms with Crippen LogP contribution in [0.25, 0.3) is 10.9 Å². The van der Waals surface area contributed by atoms with Gasteiger partial charge < -0.3 is 0 Å². The Morgan fingerprint density at radius 1 is 1.35 bits per heavy atom. The minimum Gasteiger partial charge on any atom is -0.287 e. The van der Waals surface area contributed by atoms with Gasteiger partial charge in [-0.3, -0.25) is 15.4 Å². The average Bonchev–Trinajstić information content (AvgIpc) is 2.49. The highest BCUT2D eigenvalue weighted by molar-refractivity contribution is 5.84. The first kappa shape index (κ1) is 13.9. The van der Waals surface area contributed by atoms with E-state index in [4.69, 9.17) is 0 Å². The molecular weight excluding hydrogens is 248 g/mol. The molecule has 0 aliphatic heterocycles. The standard InChI is InChI=1S/C16H18N4/c1-3-10-17-13(2)20-19-12-9-14-8-11-18-16-7-5-4-6-15(14)16/h3-8,10-13,20H,1,9H2,2H3/b17-10?,19-12-. The highest BCUT2D eigenvalue weighted by Crippen LogP contribution is 2.15. The van der Waals surface area contributed by atoms with Crippen molar-refractivity contribution >= 4 is 23.3 Å². The third kappa shape index (κ3) is 3.75. The summed E-state index contributed by atoms with van der Waals surface area (Å²) in [6.07, 6.45) is 7.68. The number of nitrogens with zero attached hydrogens (tertiary/aromatic N) is 3. The third-order valence-electron chi connectivity index (χ3n) is 2.82. The van der Waals surface area contributed by atoms with E-state index in [2.05, 4.69) is 33.1 Å². The topological polar surface area (TPSA) is 49.6 Å². The van der Waals surface area contributed by atoms with E-state index in [0.29, 0.717) is 0 Å². The van der Waals surface area contributed by atoms with Gasteiger partial charge in [0.1, 0.15) is 6.17 Å². The molecule has 1 atom stereocenters. The summed E-state index contributed by atoms with van der Waals surface area (Å²) in [6.45, 7) is 5.51. The summed E-state index contributed by atoms with van der Waals surface area (Å²) >= 11 is 0. The highest BCUT2D eigenvalue weighted by atomic mass is 15.3. The molecule has 0 bridgehead atoms. The lowest BCUT2D eigenvalue weighted by Gasteiger charge is -2.05. The first-order chi connectivity index (χ1) is 9.81. The molecule has 1 N–H and O–H groups in total. The second-order valence-electron chi connectivity index (χ2n) is 4.34. The summed E-state index contributed by atoms with van der Waals surface area (Å²) in [5, 5.41) is 5.35. The lowest BCUT2D eigenvalue weighted by molar-refractivity contribution is 0.601. The lowest BCUT2D eigenvalue weighted by Crippen LogP contribution is -2.18. The van der Waals surface area contributed by atoms with Crippen LogP contribution in [-0.4, -0.2) is 23.6 Å². The smallest absolute Gasteiger partial charge is 0.131 e. The molecular formula is C16H18N4. The maximum absolute atomic E-state index is 4.34. The molecule has 0 amide bonds. The van der Waals surface area contributed by atoms with Crippen molar-refractivity contribution in [2.45, 2.75) is 19.5 Å². The number of rotatable bonds is 6. The lowest BCUT2D eigenvalue weighted by atomic mass is 10.1. The third-order valence-corrected chi connectivity index (χ3v) is 2.82. The predicted octanol–water partition coefficient (Wildman–Crippen LogP) is 2.96. The van der Waals surface area contributed by atoms with E-state index in [1.807, 2.05) is 43.6 Å². The number of pyridine rings is 1. The molecule has 20 heavy (non-hydrogen) atoms. The van der Waals surface area contributed by atoms with Gasteiger partial charge in [-0.05, 0) is 24.6 Å². The molecule has 2 rings (SSSR count). The molecule has 0 fully saturated rings. The van der Waals surface area contributed by atoms with Crippen molar-refractivity contribution in [2.75, 3.05) is 0 Å². The van der Waals surface area contributed by atoms with Gasteiger partial charge in [0, 0.05) is 30.4 Å². The molecule has 2 aromatic rings. The van der Waals surface area contributed by atoms with Crippen molar-refractivity contribution in [2.24, 2.45) is 10.1 Å². The number of benzene rings is 1. The Hall–Kier alpha value is -2.49. The van der Waals surface area contributed by atoms with Crippen LogP contribution in [0.5, 0.6) is 0 Å². The summed E-state index contributed by atoms with van der Waals surface area (Å²) < 4.78 is 0. The Bertz CT molecular complexity index is 626. The van der Waals surface area contributed by atoms with Gasteiger partial charge in [-0.15, -0.1) is 0 Å². The number of hydrogen-bond acceptors (Lipinski definition) is 4. The van der Waals surface area contributed by atoms with Crippen LogP contribution in [-0.2, 0) is 6.42 Å². The average molecular weight is 266 g/mol. The maximum Gasteiger partial charge on any atom is 0.131 e. The van der Waals surface area contributed by atoms with Crippen LogP contribution in [0.2, 0.25) is 0 Å². The number of aliphatic imine (C=N–C) groups is 1. The summed E-state index contributed by atoms with van der Waals surface area (Å²) in [5.74, 6) is 0. The minimum atomic E-state index is -0.0570. The van der Waals surface area contributed by atoms with E-state index >= 15 is 0 Å². The quantitative estimate of drug-likeness (QED) is 0.645. The zero-order valence-electron chi connectivity index (χ0n) is 11.5. The molecule has 0 radical (unpaired) electrons. The molecule has 0 saturated carbocycles. The van der Waals surface area contributed by atoms with Crippen molar-refractivity contribution in [3.05, 3.63) is 54.7 Å². The van der Waals surface area contributed by atoms with Crippen LogP contribution in [0, 0.1) is 0 Å². The summed E-state index contributed by atoms with van der Waals surface area (Å²) in [7, 11) is 0. The van der Waals surface area contributed by atoms with E-state index < -0.39 is 0 Å². The van der Waals surface area contributed by atoms with Crippen LogP contribution >= 0.6 is 0 Å². The van der Waals surface area contributed by atoms with Gasteiger partial charge in [0.25, 0.3) is 0 Å². The summed E-state index contributed by atoms with van der Waals surface area (Å²) in [4.78, 5) is 8.50. The molecule has 0 aliphatic carbocycles. The number of hydrogen-bond donors (Lipinski definition) is 1. The SMILES string of the molecule is C=CC=NC(C)N/N=C\Cc1ccnc2ccccc12. The molecule has 102 valence electrons. The van der Waals surface area contributed by atoms with Gasteiger partial charge in [0.15, 0.2) is 0 Å². The zero-order valence-corrected chi connectivity index (χ0v) is 11.5. The number of hydrazone groups is 1. The number of fused-ring (bicyclic) bond motifs is 1. The highest BCUT2D eigenvalue weighted by Gasteiger charge is 1.99. The Kier molecular flexibility index (Phi) is 5.00. The molecule has 1 unspecified atom stereocenters. The van der Waals surface area contributed by atoms with Gasteiger partial charge in [0.05, 0.1) is 5.52 Å².